The van der Waals surface area contributed by atoms with E-state index < -0.39 is 0 Å². The van der Waals surface area contributed by atoms with Gasteiger partial charge in [0.05, 0.1) is 5.69 Å². The van der Waals surface area contributed by atoms with E-state index in [0.717, 1.165) is 23.4 Å². The summed E-state index contributed by atoms with van der Waals surface area (Å²) < 4.78 is 1.82. The van der Waals surface area contributed by atoms with Gasteiger partial charge in [-0.3, -0.25) is 14.5 Å². The molecule has 0 saturated carbocycles. The third-order valence-corrected chi connectivity index (χ3v) is 3.19. The summed E-state index contributed by atoms with van der Waals surface area (Å²) in [6, 6.07) is 3.62. The largest absolute Gasteiger partial charge is 0.381 e. The molecule has 112 valence electrons. The average molecular weight is 287 g/mol. The van der Waals surface area contributed by atoms with Gasteiger partial charge in [-0.25, -0.2) is 0 Å². The highest BCUT2D eigenvalue weighted by atomic mass is 16.2. The van der Waals surface area contributed by atoms with Gasteiger partial charge in [-0.15, -0.1) is 0 Å². The van der Waals surface area contributed by atoms with Crippen molar-refractivity contribution >= 4 is 11.6 Å². The van der Waals surface area contributed by atoms with Crippen LogP contribution in [0.5, 0.6) is 0 Å². The van der Waals surface area contributed by atoms with Gasteiger partial charge in [0, 0.05) is 51.3 Å². The Morgan fingerprint density at radius 3 is 2.86 bits per heavy atom. The van der Waals surface area contributed by atoms with Crippen molar-refractivity contribution in [2.24, 2.45) is 7.05 Å². The smallest absolute Gasteiger partial charge is 0.272 e. The molecule has 1 N–H and O–H groups in total. The lowest BCUT2D eigenvalue weighted by molar-refractivity contribution is 0.0822. The molecule has 0 unspecified atom stereocenters. The second-order valence-electron chi connectivity index (χ2n) is 5.11. The van der Waals surface area contributed by atoms with Gasteiger partial charge in [0.1, 0.15) is 5.69 Å². The minimum atomic E-state index is -0.103. The summed E-state index contributed by atoms with van der Waals surface area (Å²) >= 11 is 0. The Hall–Kier alpha value is -2.37. The van der Waals surface area contributed by atoms with E-state index in [1.54, 1.807) is 26.4 Å². The van der Waals surface area contributed by atoms with Crippen LogP contribution < -0.4 is 5.32 Å². The second kappa shape index (κ2) is 6.39. The number of carbonyl (C=O) groups is 1. The quantitative estimate of drug-likeness (QED) is 0.909. The second-order valence-corrected chi connectivity index (χ2v) is 5.11. The summed E-state index contributed by atoms with van der Waals surface area (Å²) in [5.74, 6) is -0.103. The number of hydrogen-bond acceptors (Lipinski definition) is 4. The van der Waals surface area contributed by atoms with Crippen LogP contribution in [-0.4, -0.2) is 39.7 Å². The molecular formula is C15H21N5O. The molecule has 2 aromatic heterocycles. The van der Waals surface area contributed by atoms with Gasteiger partial charge in [-0.1, -0.05) is 6.92 Å². The van der Waals surface area contributed by atoms with Gasteiger partial charge in [-0.2, -0.15) is 5.10 Å². The fraction of sp³-hybridized carbons (Fsp3) is 0.400. The van der Waals surface area contributed by atoms with Crippen molar-refractivity contribution in [3.05, 3.63) is 41.5 Å². The number of amides is 1. The van der Waals surface area contributed by atoms with E-state index in [4.69, 9.17) is 0 Å². The molecule has 21 heavy (non-hydrogen) atoms. The highest BCUT2D eigenvalue weighted by Crippen LogP contribution is 2.13. The first-order valence-electron chi connectivity index (χ1n) is 6.94. The fourth-order valence-electron chi connectivity index (χ4n) is 2.11. The van der Waals surface area contributed by atoms with Crippen LogP contribution in [0, 0.1) is 0 Å². The first-order valence-corrected chi connectivity index (χ1v) is 6.94. The Bertz CT molecular complexity index is 633. The Kier molecular flexibility index (Phi) is 4.57. The molecular weight excluding hydrogens is 266 g/mol. The van der Waals surface area contributed by atoms with Gasteiger partial charge < -0.3 is 10.2 Å². The van der Waals surface area contributed by atoms with E-state index in [1.807, 2.05) is 24.0 Å². The SMILES string of the molecule is CCc1nn(C)cc1CNc1ccnc(C(=O)N(C)C)c1. The number of hydrogen-bond donors (Lipinski definition) is 1. The van der Waals surface area contributed by atoms with Gasteiger partial charge in [0.2, 0.25) is 0 Å². The molecule has 1 amide bonds. The van der Waals surface area contributed by atoms with Gasteiger partial charge in [-0.05, 0) is 18.6 Å². The number of carbonyl (C=O) groups excluding carboxylic acids is 1. The van der Waals surface area contributed by atoms with Gasteiger partial charge >= 0.3 is 0 Å². The number of nitrogens with zero attached hydrogens (tertiary/aromatic N) is 4. The number of aryl methyl sites for hydroxylation is 2. The molecule has 0 fully saturated rings. The molecule has 0 spiro atoms. The number of nitrogens with one attached hydrogen (secondary N) is 1. The van der Waals surface area contributed by atoms with Crippen molar-refractivity contribution in [3.8, 4) is 0 Å². The molecule has 2 heterocycles. The zero-order valence-corrected chi connectivity index (χ0v) is 12.9. The van der Waals surface area contributed by atoms with E-state index in [9.17, 15) is 4.79 Å². The molecule has 6 heteroatoms. The molecule has 0 radical (unpaired) electrons. The van der Waals surface area contributed by atoms with Crippen molar-refractivity contribution in [2.75, 3.05) is 19.4 Å². The lowest BCUT2D eigenvalue weighted by Crippen LogP contribution is -2.22. The molecule has 2 rings (SSSR count). The normalized spacial score (nSPS) is 10.5. The highest BCUT2D eigenvalue weighted by molar-refractivity contribution is 5.92. The molecule has 0 atom stereocenters. The van der Waals surface area contributed by atoms with Crippen LogP contribution in [0.15, 0.2) is 24.5 Å². The number of pyridine rings is 1. The molecule has 0 bridgehead atoms. The monoisotopic (exact) mass is 287 g/mol. The van der Waals surface area contributed by atoms with E-state index in [0.29, 0.717) is 12.2 Å². The molecule has 0 aliphatic rings. The minimum absolute atomic E-state index is 0.103. The average Bonchev–Trinajstić information content (AvgIpc) is 2.84. The fourth-order valence-corrected chi connectivity index (χ4v) is 2.11. The van der Waals surface area contributed by atoms with Crippen LogP contribution in [0.2, 0.25) is 0 Å². The van der Waals surface area contributed by atoms with Crippen LogP contribution in [0.1, 0.15) is 28.7 Å². The maximum Gasteiger partial charge on any atom is 0.272 e. The summed E-state index contributed by atoms with van der Waals surface area (Å²) in [5, 5.41) is 7.73. The van der Waals surface area contributed by atoms with Crippen LogP contribution >= 0.6 is 0 Å². The first kappa shape index (κ1) is 15.0. The molecule has 0 saturated heterocycles. The lowest BCUT2D eigenvalue weighted by atomic mass is 10.2. The zero-order chi connectivity index (χ0) is 15.4. The summed E-state index contributed by atoms with van der Waals surface area (Å²) in [6.45, 7) is 2.77. The van der Waals surface area contributed by atoms with Crippen molar-refractivity contribution in [1.29, 1.82) is 0 Å². The molecule has 0 aliphatic heterocycles. The van der Waals surface area contributed by atoms with E-state index in [-0.39, 0.29) is 5.91 Å². The third-order valence-electron chi connectivity index (χ3n) is 3.19. The number of aromatic nitrogens is 3. The van der Waals surface area contributed by atoms with Crippen molar-refractivity contribution < 1.29 is 4.79 Å². The van der Waals surface area contributed by atoms with E-state index >= 15 is 0 Å². The van der Waals surface area contributed by atoms with Crippen LogP contribution in [-0.2, 0) is 20.0 Å². The Morgan fingerprint density at radius 2 is 2.19 bits per heavy atom. The lowest BCUT2D eigenvalue weighted by Gasteiger charge is -2.11. The van der Waals surface area contributed by atoms with Crippen LogP contribution in [0.25, 0.3) is 0 Å². The standard InChI is InChI=1S/C15H21N5O/c1-5-13-11(10-20(4)18-13)9-17-12-6-7-16-14(8-12)15(21)19(2)3/h6-8,10H,5,9H2,1-4H3,(H,16,17). The molecule has 0 aliphatic carbocycles. The van der Waals surface area contributed by atoms with Crippen molar-refractivity contribution in [2.45, 2.75) is 19.9 Å². The predicted molar refractivity (Wildman–Crippen MR) is 82.2 cm³/mol. The Labute approximate surface area is 124 Å². The Balaban J connectivity index is 2.10. The van der Waals surface area contributed by atoms with E-state index in [2.05, 4.69) is 22.3 Å². The summed E-state index contributed by atoms with van der Waals surface area (Å²) in [7, 11) is 5.35. The van der Waals surface area contributed by atoms with Gasteiger partial charge in [0.25, 0.3) is 5.91 Å². The maximum atomic E-state index is 11.9. The summed E-state index contributed by atoms with van der Waals surface area (Å²) in [4.78, 5) is 17.5. The number of anilines is 1. The molecule has 2 aromatic rings. The van der Waals surface area contributed by atoms with Crippen molar-refractivity contribution in [3.63, 3.8) is 0 Å². The molecule has 6 nitrogen and oxygen atoms in total. The molecule has 0 aromatic carbocycles. The third kappa shape index (κ3) is 3.59. The Morgan fingerprint density at radius 1 is 1.43 bits per heavy atom. The number of rotatable bonds is 5. The van der Waals surface area contributed by atoms with Gasteiger partial charge in [0.15, 0.2) is 0 Å². The summed E-state index contributed by atoms with van der Waals surface area (Å²) in [6.07, 6.45) is 4.56. The minimum Gasteiger partial charge on any atom is -0.381 e. The van der Waals surface area contributed by atoms with Crippen LogP contribution in [0.4, 0.5) is 5.69 Å². The van der Waals surface area contributed by atoms with Crippen molar-refractivity contribution in [1.82, 2.24) is 19.7 Å². The topological polar surface area (TPSA) is 63.1 Å². The van der Waals surface area contributed by atoms with Crippen LogP contribution in [0.3, 0.4) is 0 Å². The summed E-state index contributed by atoms with van der Waals surface area (Å²) in [5.41, 5.74) is 3.56. The predicted octanol–water partition coefficient (Wildman–Crippen LogP) is 1.69. The highest BCUT2D eigenvalue weighted by Gasteiger charge is 2.10. The zero-order valence-electron chi connectivity index (χ0n) is 12.9. The maximum absolute atomic E-state index is 11.9. The van der Waals surface area contributed by atoms with E-state index in [1.165, 1.54) is 4.90 Å². The first-order chi connectivity index (χ1) is 10.0.